The number of anilines is 1. The van der Waals surface area contributed by atoms with Crippen LogP contribution in [0.4, 0.5) is 5.69 Å². The standard InChI is InChI=1S/C25H29NO4S/c1-30-24-18-21(25(27)28)14-17-23(24)26-31(29)22-15-12-20(13-16-22)11-10-19-8-6-4-2-3-5-7-9-19/h12-19,26H,2-9H2,1H3,(H,27,28). The van der Waals surface area contributed by atoms with Gasteiger partial charge in [-0.3, -0.25) is 0 Å². The van der Waals surface area contributed by atoms with E-state index >= 15 is 0 Å². The van der Waals surface area contributed by atoms with Gasteiger partial charge in [0.1, 0.15) is 22.8 Å². The van der Waals surface area contributed by atoms with E-state index in [0.29, 0.717) is 22.3 Å². The predicted octanol–water partition coefficient (Wildman–Crippen LogP) is 5.63. The first kappa shape index (κ1) is 23.1. The van der Waals surface area contributed by atoms with E-state index in [9.17, 15) is 9.35 Å². The van der Waals surface area contributed by atoms with Crippen LogP contribution in [0.1, 0.15) is 67.3 Å². The van der Waals surface area contributed by atoms with E-state index in [4.69, 9.17) is 9.84 Å². The van der Waals surface area contributed by atoms with Gasteiger partial charge in [-0.1, -0.05) is 50.4 Å². The number of benzene rings is 2. The summed E-state index contributed by atoms with van der Waals surface area (Å²) in [4.78, 5) is 11.7. The van der Waals surface area contributed by atoms with E-state index in [1.165, 1.54) is 70.6 Å². The van der Waals surface area contributed by atoms with E-state index in [0.717, 1.165) is 5.56 Å². The van der Waals surface area contributed by atoms with Crippen molar-refractivity contribution in [1.29, 1.82) is 0 Å². The molecule has 0 amide bonds. The van der Waals surface area contributed by atoms with Crippen LogP contribution in [-0.2, 0) is 11.4 Å². The molecule has 2 aromatic rings. The second-order valence-electron chi connectivity index (χ2n) is 7.78. The fourth-order valence-corrected chi connectivity index (χ4v) is 4.56. The van der Waals surface area contributed by atoms with Crippen molar-refractivity contribution in [3.05, 3.63) is 53.6 Å². The third-order valence-electron chi connectivity index (χ3n) is 5.50. The molecule has 0 radical (unpaired) electrons. The molecule has 1 aliphatic rings. The first-order valence-corrected chi connectivity index (χ1v) is 11.9. The lowest BCUT2D eigenvalue weighted by molar-refractivity contribution is 0.0696. The number of aromatic carboxylic acids is 1. The Morgan fingerprint density at radius 3 is 2.32 bits per heavy atom. The zero-order valence-corrected chi connectivity index (χ0v) is 18.7. The third kappa shape index (κ3) is 6.95. The van der Waals surface area contributed by atoms with Gasteiger partial charge in [0.25, 0.3) is 0 Å². The lowest BCUT2D eigenvalue weighted by Crippen LogP contribution is -2.14. The van der Waals surface area contributed by atoms with Crippen LogP contribution in [0.15, 0.2) is 47.4 Å². The van der Waals surface area contributed by atoms with Crippen LogP contribution < -0.4 is 9.46 Å². The molecular weight excluding hydrogens is 410 g/mol. The summed E-state index contributed by atoms with van der Waals surface area (Å²) >= 11 is -1.51. The summed E-state index contributed by atoms with van der Waals surface area (Å²) in [6, 6.07) is 11.8. The molecule has 0 aromatic heterocycles. The second kappa shape index (κ2) is 11.7. The molecule has 2 N–H and O–H groups in total. The van der Waals surface area contributed by atoms with Crippen molar-refractivity contribution in [3.8, 4) is 17.6 Å². The molecule has 2 aromatic carbocycles. The number of carboxylic acids is 1. The summed E-state index contributed by atoms with van der Waals surface area (Å²) < 4.78 is 20.8. The Balaban J connectivity index is 1.64. The molecule has 164 valence electrons. The average molecular weight is 440 g/mol. The van der Waals surface area contributed by atoms with E-state index < -0.39 is 17.3 Å². The minimum atomic E-state index is -1.51. The number of ether oxygens (including phenoxy) is 1. The Bertz CT molecular complexity index is 923. The first-order chi connectivity index (χ1) is 15.1. The summed E-state index contributed by atoms with van der Waals surface area (Å²) in [7, 11) is 1.44. The number of carboxylic acid groups (broad SMARTS) is 1. The number of methoxy groups -OCH3 is 1. The summed E-state index contributed by atoms with van der Waals surface area (Å²) in [6.45, 7) is 0. The fraction of sp³-hybridized carbons (Fsp3) is 0.400. The number of carbonyl (C=O) groups is 1. The minimum absolute atomic E-state index is 0.107. The molecule has 0 heterocycles. The zero-order chi connectivity index (χ0) is 22.1. The van der Waals surface area contributed by atoms with Crippen LogP contribution in [0.2, 0.25) is 0 Å². The molecule has 0 bridgehead atoms. The van der Waals surface area contributed by atoms with Crippen LogP contribution in [0.3, 0.4) is 0 Å². The molecule has 5 nitrogen and oxygen atoms in total. The molecule has 1 atom stereocenters. The third-order valence-corrected chi connectivity index (χ3v) is 6.60. The number of nitrogens with one attached hydrogen (secondary N) is 1. The number of rotatable bonds is 5. The number of hydrogen-bond acceptors (Lipinski definition) is 4. The highest BCUT2D eigenvalue weighted by Crippen LogP contribution is 2.28. The van der Waals surface area contributed by atoms with Gasteiger partial charge in [0.05, 0.1) is 12.7 Å². The van der Waals surface area contributed by atoms with Crippen molar-refractivity contribution in [2.75, 3.05) is 11.8 Å². The van der Waals surface area contributed by atoms with E-state index in [1.807, 2.05) is 12.1 Å². The molecule has 1 fully saturated rings. The normalized spacial score (nSPS) is 16.1. The molecule has 1 unspecified atom stereocenters. The SMILES string of the molecule is COc1cc(C(=O)O)ccc1N[S+]([O-])c1ccc(C#CC2CCCCCCCC2)cc1. The van der Waals surface area contributed by atoms with Crippen molar-refractivity contribution >= 4 is 23.0 Å². The molecule has 0 saturated heterocycles. The molecular formula is C25H29NO4S. The van der Waals surface area contributed by atoms with Gasteiger partial charge in [0.2, 0.25) is 0 Å². The molecule has 0 aliphatic heterocycles. The highest BCUT2D eigenvalue weighted by Gasteiger charge is 2.16. The van der Waals surface area contributed by atoms with Gasteiger partial charge in [-0.15, -0.1) is 0 Å². The Kier molecular flexibility index (Phi) is 8.69. The molecule has 31 heavy (non-hydrogen) atoms. The van der Waals surface area contributed by atoms with Crippen LogP contribution in [-0.4, -0.2) is 22.7 Å². The first-order valence-electron chi connectivity index (χ1n) is 10.8. The minimum Gasteiger partial charge on any atom is -0.588 e. The van der Waals surface area contributed by atoms with Gasteiger partial charge in [0.15, 0.2) is 4.90 Å². The van der Waals surface area contributed by atoms with Gasteiger partial charge in [-0.25, -0.2) is 4.79 Å². The largest absolute Gasteiger partial charge is 0.588 e. The molecule has 1 saturated carbocycles. The maximum atomic E-state index is 12.7. The van der Waals surface area contributed by atoms with Gasteiger partial charge in [-0.05, 0) is 55.3 Å². The molecule has 3 rings (SSSR count). The Morgan fingerprint density at radius 1 is 1.06 bits per heavy atom. The zero-order valence-electron chi connectivity index (χ0n) is 17.9. The Morgan fingerprint density at radius 2 is 1.71 bits per heavy atom. The summed E-state index contributed by atoms with van der Waals surface area (Å²) in [5, 5.41) is 9.10. The highest BCUT2D eigenvalue weighted by molar-refractivity contribution is 7.92. The van der Waals surface area contributed by atoms with Crippen LogP contribution in [0.25, 0.3) is 0 Å². The topological polar surface area (TPSA) is 81.6 Å². The lowest BCUT2D eigenvalue weighted by atomic mass is 9.97. The monoisotopic (exact) mass is 439 g/mol. The van der Waals surface area contributed by atoms with Crippen molar-refractivity contribution in [2.24, 2.45) is 5.92 Å². The maximum Gasteiger partial charge on any atom is 0.335 e. The van der Waals surface area contributed by atoms with Crippen molar-refractivity contribution in [2.45, 2.75) is 56.3 Å². The highest BCUT2D eigenvalue weighted by atomic mass is 32.2. The van der Waals surface area contributed by atoms with Crippen molar-refractivity contribution in [1.82, 2.24) is 0 Å². The summed E-state index contributed by atoms with van der Waals surface area (Å²) in [6.07, 6.45) is 10.2. The maximum absolute atomic E-state index is 12.7. The predicted molar refractivity (Wildman–Crippen MR) is 124 cm³/mol. The van der Waals surface area contributed by atoms with Gasteiger partial charge < -0.3 is 14.4 Å². The Labute approximate surface area is 187 Å². The molecule has 1 aliphatic carbocycles. The number of hydrogen-bond donors (Lipinski definition) is 2. The summed E-state index contributed by atoms with van der Waals surface area (Å²) in [5.74, 6) is 6.48. The van der Waals surface area contributed by atoms with Crippen LogP contribution in [0.5, 0.6) is 5.75 Å². The second-order valence-corrected chi connectivity index (χ2v) is 8.99. The van der Waals surface area contributed by atoms with Crippen molar-refractivity contribution < 1.29 is 19.2 Å². The smallest absolute Gasteiger partial charge is 0.335 e. The van der Waals surface area contributed by atoms with Gasteiger partial charge >= 0.3 is 5.97 Å². The van der Waals surface area contributed by atoms with E-state index in [2.05, 4.69) is 16.6 Å². The Hall–Kier alpha value is -2.62. The molecule has 6 heteroatoms. The van der Waals surface area contributed by atoms with Crippen LogP contribution >= 0.6 is 0 Å². The van der Waals surface area contributed by atoms with E-state index in [1.54, 1.807) is 18.2 Å². The fourth-order valence-electron chi connectivity index (χ4n) is 3.69. The van der Waals surface area contributed by atoms with Crippen molar-refractivity contribution in [3.63, 3.8) is 0 Å². The van der Waals surface area contributed by atoms with Gasteiger partial charge in [0, 0.05) is 11.5 Å². The van der Waals surface area contributed by atoms with Crippen LogP contribution in [0, 0.1) is 17.8 Å². The average Bonchev–Trinajstić information content (AvgIpc) is 2.92. The lowest BCUT2D eigenvalue weighted by Gasteiger charge is -2.14. The summed E-state index contributed by atoms with van der Waals surface area (Å²) in [5.41, 5.74) is 1.50. The molecule has 0 spiro atoms. The van der Waals surface area contributed by atoms with E-state index in [-0.39, 0.29) is 5.56 Å². The quantitative estimate of drug-likeness (QED) is 0.466. The van der Waals surface area contributed by atoms with Gasteiger partial charge in [-0.2, -0.15) is 4.72 Å².